The van der Waals surface area contributed by atoms with Gasteiger partial charge in [0, 0.05) is 13.0 Å². The topological polar surface area (TPSA) is 76.0 Å². The van der Waals surface area contributed by atoms with Crippen LogP contribution in [0.4, 0.5) is 0 Å². The van der Waals surface area contributed by atoms with Crippen molar-refractivity contribution >= 4 is 34.4 Å². The standard InChI is InChI=1S/C27H27ClN4O2/c1-19(20-10-3-2-4-11-20)30-26(33)18-32-24-15-8-7-14-23(24)31-25(32)16-9-17-29-27(34)21-12-5-6-13-22(21)28/h2-8,10-15,19H,9,16-18H2,1H3,(H,29,34)(H,30,33). The Kier molecular flexibility index (Phi) is 7.60. The molecule has 0 aliphatic heterocycles. The third kappa shape index (κ3) is 5.64. The van der Waals surface area contributed by atoms with Gasteiger partial charge in [-0.2, -0.15) is 0 Å². The second kappa shape index (κ2) is 11.0. The molecule has 174 valence electrons. The van der Waals surface area contributed by atoms with E-state index in [1.54, 1.807) is 24.3 Å². The van der Waals surface area contributed by atoms with Crippen molar-refractivity contribution in [3.05, 3.63) is 101 Å². The molecule has 0 spiro atoms. The molecule has 1 unspecified atom stereocenters. The van der Waals surface area contributed by atoms with Crippen molar-refractivity contribution in [3.63, 3.8) is 0 Å². The molecule has 2 amide bonds. The van der Waals surface area contributed by atoms with Crippen LogP contribution in [0.2, 0.25) is 5.02 Å². The van der Waals surface area contributed by atoms with Gasteiger partial charge in [0.15, 0.2) is 0 Å². The van der Waals surface area contributed by atoms with Gasteiger partial charge in [-0.25, -0.2) is 4.98 Å². The third-order valence-electron chi connectivity index (χ3n) is 5.69. The Bertz CT molecular complexity index is 1290. The van der Waals surface area contributed by atoms with Crippen molar-refractivity contribution < 1.29 is 9.59 Å². The zero-order valence-electron chi connectivity index (χ0n) is 19.0. The summed E-state index contributed by atoms with van der Waals surface area (Å²) in [5, 5.41) is 6.41. The maximum atomic E-state index is 12.9. The molecule has 0 fully saturated rings. The molecule has 0 radical (unpaired) electrons. The van der Waals surface area contributed by atoms with E-state index in [1.807, 2.05) is 66.1 Å². The molecule has 0 saturated heterocycles. The van der Waals surface area contributed by atoms with E-state index in [0.717, 1.165) is 22.4 Å². The minimum atomic E-state index is -0.201. The van der Waals surface area contributed by atoms with Crippen molar-refractivity contribution in [2.45, 2.75) is 32.4 Å². The first kappa shape index (κ1) is 23.5. The number of halogens is 1. The van der Waals surface area contributed by atoms with Crippen LogP contribution in [0.3, 0.4) is 0 Å². The fourth-order valence-corrected chi connectivity index (χ4v) is 4.16. The molecule has 1 aromatic heterocycles. The van der Waals surface area contributed by atoms with E-state index in [-0.39, 0.29) is 24.4 Å². The van der Waals surface area contributed by atoms with E-state index < -0.39 is 0 Å². The number of carbonyl (C=O) groups excluding carboxylic acids is 2. The van der Waals surface area contributed by atoms with Gasteiger partial charge in [0.1, 0.15) is 12.4 Å². The van der Waals surface area contributed by atoms with Crippen LogP contribution < -0.4 is 10.6 Å². The summed E-state index contributed by atoms with van der Waals surface area (Å²) in [4.78, 5) is 30.0. The number of amides is 2. The fourth-order valence-electron chi connectivity index (χ4n) is 3.94. The van der Waals surface area contributed by atoms with Gasteiger partial charge in [-0.3, -0.25) is 9.59 Å². The molecular weight excluding hydrogens is 448 g/mol. The number of aromatic nitrogens is 2. The molecular formula is C27H27ClN4O2. The minimum Gasteiger partial charge on any atom is -0.352 e. The van der Waals surface area contributed by atoms with Crippen molar-refractivity contribution in [2.24, 2.45) is 0 Å². The molecule has 2 N–H and O–H groups in total. The van der Waals surface area contributed by atoms with Gasteiger partial charge in [-0.15, -0.1) is 0 Å². The van der Waals surface area contributed by atoms with Gasteiger partial charge in [0.25, 0.3) is 5.91 Å². The Labute approximate surface area is 204 Å². The monoisotopic (exact) mass is 474 g/mol. The van der Waals surface area contributed by atoms with Crippen LogP contribution in [0.25, 0.3) is 11.0 Å². The van der Waals surface area contributed by atoms with Gasteiger partial charge < -0.3 is 15.2 Å². The Morgan fingerprint density at radius 2 is 1.68 bits per heavy atom. The molecule has 4 aromatic rings. The van der Waals surface area contributed by atoms with Crippen LogP contribution in [0.15, 0.2) is 78.9 Å². The summed E-state index contributed by atoms with van der Waals surface area (Å²) in [5.41, 5.74) is 3.28. The average molecular weight is 475 g/mol. The second-order valence-electron chi connectivity index (χ2n) is 8.14. The van der Waals surface area contributed by atoms with Gasteiger partial charge in [-0.05, 0) is 43.2 Å². The van der Waals surface area contributed by atoms with E-state index in [1.165, 1.54) is 0 Å². The van der Waals surface area contributed by atoms with Crippen molar-refractivity contribution in [3.8, 4) is 0 Å². The van der Waals surface area contributed by atoms with Crippen LogP contribution >= 0.6 is 11.6 Å². The SMILES string of the molecule is CC(NC(=O)Cn1c(CCCNC(=O)c2ccccc2Cl)nc2ccccc21)c1ccccc1. The highest BCUT2D eigenvalue weighted by Crippen LogP contribution is 2.18. The first-order valence-electron chi connectivity index (χ1n) is 11.3. The van der Waals surface area contributed by atoms with Gasteiger partial charge in [0.05, 0.1) is 27.7 Å². The highest BCUT2D eigenvalue weighted by molar-refractivity contribution is 6.33. The highest BCUT2D eigenvalue weighted by Gasteiger charge is 2.16. The number of benzene rings is 3. The fraction of sp³-hybridized carbons (Fsp3) is 0.222. The summed E-state index contributed by atoms with van der Waals surface area (Å²) in [6.45, 7) is 2.63. The number of nitrogens with one attached hydrogen (secondary N) is 2. The Hall–Kier alpha value is -3.64. The van der Waals surface area contributed by atoms with E-state index >= 15 is 0 Å². The van der Waals surface area contributed by atoms with Gasteiger partial charge in [0.2, 0.25) is 5.91 Å². The lowest BCUT2D eigenvalue weighted by Gasteiger charge is -2.16. The molecule has 0 bridgehead atoms. The Morgan fingerprint density at radius 1 is 0.971 bits per heavy atom. The van der Waals surface area contributed by atoms with Crippen molar-refractivity contribution in [1.82, 2.24) is 20.2 Å². The number of hydrogen-bond donors (Lipinski definition) is 2. The summed E-state index contributed by atoms with van der Waals surface area (Å²) in [6, 6.07) is 24.6. The van der Waals surface area contributed by atoms with Crippen LogP contribution in [0.5, 0.6) is 0 Å². The number of rotatable bonds is 9. The molecule has 0 aliphatic carbocycles. The quantitative estimate of drug-likeness (QED) is 0.338. The summed E-state index contributed by atoms with van der Waals surface area (Å²) in [6.07, 6.45) is 1.31. The highest BCUT2D eigenvalue weighted by atomic mass is 35.5. The second-order valence-corrected chi connectivity index (χ2v) is 8.55. The van der Waals surface area contributed by atoms with Crippen LogP contribution in [-0.2, 0) is 17.8 Å². The number of imidazole rings is 1. The number of nitrogens with zero attached hydrogens (tertiary/aromatic N) is 2. The minimum absolute atomic E-state index is 0.0761. The van der Waals surface area contributed by atoms with Crippen LogP contribution in [0, 0.1) is 0 Å². The first-order chi connectivity index (χ1) is 16.5. The molecule has 4 rings (SSSR count). The lowest BCUT2D eigenvalue weighted by Crippen LogP contribution is -2.30. The molecule has 1 atom stereocenters. The van der Waals surface area contributed by atoms with E-state index in [0.29, 0.717) is 30.0 Å². The summed E-state index contributed by atoms with van der Waals surface area (Å²) in [7, 11) is 0. The molecule has 0 aliphatic rings. The largest absolute Gasteiger partial charge is 0.352 e. The molecule has 3 aromatic carbocycles. The maximum absolute atomic E-state index is 12.9. The lowest BCUT2D eigenvalue weighted by molar-refractivity contribution is -0.122. The van der Waals surface area contributed by atoms with E-state index in [2.05, 4.69) is 10.6 Å². The average Bonchev–Trinajstić information content (AvgIpc) is 3.19. The Balaban J connectivity index is 1.40. The predicted molar refractivity (Wildman–Crippen MR) is 135 cm³/mol. The normalized spacial score (nSPS) is 11.8. The number of aryl methyl sites for hydroxylation is 1. The van der Waals surface area contributed by atoms with Crippen LogP contribution in [0.1, 0.15) is 41.1 Å². The molecule has 7 heteroatoms. The Morgan fingerprint density at radius 3 is 2.47 bits per heavy atom. The maximum Gasteiger partial charge on any atom is 0.252 e. The molecule has 6 nitrogen and oxygen atoms in total. The number of fused-ring (bicyclic) bond motifs is 1. The molecule has 0 saturated carbocycles. The molecule has 1 heterocycles. The number of para-hydroxylation sites is 2. The van der Waals surface area contributed by atoms with Crippen LogP contribution in [-0.4, -0.2) is 27.9 Å². The van der Waals surface area contributed by atoms with Crippen molar-refractivity contribution in [2.75, 3.05) is 6.54 Å². The zero-order chi connectivity index (χ0) is 23.9. The summed E-state index contributed by atoms with van der Waals surface area (Å²) in [5.74, 6) is 0.539. The van der Waals surface area contributed by atoms with Crippen molar-refractivity contribution in [1.29, 1.82) is 0 Å². The molecule has 34 heavy (non-hydrogen) atoms. The number of carbonyl (C=O) groups is 2. The van der Waals surface area contributed by atoms with E-state index in [9.17, 15) is 9.59 Å². The lowest BCUT2D eigenvalue weighted by atomic mass is 10.1. The zero-order valence-corrected chi connectivity index (χ0v) is 19.8. The summed E-state index contributed by atoms with van der Waals surface area (Å²) >= 11 is 6.11. The predicted octanol–water partition coefficient (Wildman–Crippen LogP) is 4.93. The summed E-state index contributed by atoms with van der Waals surface area (Å²) < 4.78 is 1.96. The van der Waals surface area contributed by atoms with Gasteiger partial charge in [-0.1, -0.05) is 66.2 Å². The number of hydrogen-bond acceptors (Lipinski definition) is 3. The van der Waals surface area contributed by atoms with Gasteiger partial charge >= 0.3 is 0 Å². The first-order valence-corrected chi connectivity index (χ1v) is 11.7. The smallest absolute Gasteiger partial charge is 0.252 e. The van der Waals surface area contributed by atoms with E-state index in [4.69, 9.17) is 16.6 Å². The third-order valence-corrected chi connectivity index (χ3v) is 6.02.